The summed E-state index contributed by atoms with van der Waals surface area (Å²) in [5.74, 6) is 0. The third kappa shape index (κ3) is 6.31. The van der Waals surface area contributed by atoms with Gasteiger partial charge < -0.3 is 13.9 Å². The molecule has 0 atom stereocenters. The molecule has 5 nitrogen and oxygen atoms in total. The van der Waals surface area contributed by atoms with Crippen molar-refractivity contribution in [2.75, 3.05) is 44.3 Å². The molecule has 0 spiro atoms. The minimum Gasteiger partial charge on any atom is -0.368 e. The molecule has 0 aliphatic carbocycles. The van der Waals surface area contributed by atoms with Gasteiger partial charge in [-0.05, 0) is 37.1 Å². The van der Waals surface area contributed by atoms with Crippen LogP contribution in [0.4, 0.5) is 5.69 Å². The van der Waals surface area contributed by atoms with E-state index in [4.69, 9.17) is 20.6 Å². The molecular weight excluding hydrogens is 407 g/mol. The molecule has 0 amide bonds. The van der Waals surface area contributed by atoms with Crippen LogP contribution < -0.4 is 4.90 Å². The SMILES string of the molecule is CCOP(=O)(Cc1ccc(CN2CCN(c3ccccc3Cl)CC2)cc1)OCC. The van der Waals surface area contributed by atoms with E-state index in [1.807, 2.05) is 44.2 Å². The van der Waals surface area contributed by atoms with Gasteiger partial charge in [0.1, 0.15) is 0 Å². The van der Waals surface area contributed by atoms with E-state index in [0.29, 0.717) is 19.4 Å². The highest BCUT2D eigenvalue weighted by Crippen LogP contribution is 2.51. The van der Waals surface area contributed by atoms with Crippen molar-refractivity contribution < 1.29 is 13.6 Å². The highest BCUT2D eigenvalue weighted by atomic mass is 35.5. The zero-order valence-corrected chi connectivity index (χ0v) is 18.9. The Morgan fingerprint density at radius 2 is 1.48 bits per heavy atom. The molecule has 0 N–H and O–H groups in total. The van der Waals surface area contributed by atoms with Gasteiger partial charge in [0.25, 0.3) is 0 Å². The van der Waals surface area contributed by atoms with Gasteiger partial charge in [-0.3, -0.25) is 9.46 Å². The second kappa shape index (κ2) is 10.6. The molecule has 0 radical (unpaired) electrons. The Labute approximate surface area is 179 Å². The summed E-state index contributed by atoms with van der Waals surface area (Å²) in [6.07, 6.45) is 0.311. The smallest absolute Gasteiger partial charge is 0.335 e. The molecule has 1 fully saturated rings. The Balaban J connectivity index is 1.53. The van der Waals surface area contributed by atoms with Crippen molar-refractivity contribution >= 4 is 24.9 Å². The average Bonchev–Trinajstić information content (AvgIpc) is 2.71. The van der Waals surface area contributed by atoms with Crippen LogP contribution in [0.3, 0.4) is 0 Å². The molecule has 3 rings (SSSR count). The fourth-order valence-corrected chi connectivity index (χ4v) is 5.57. The molecule has 1 heterocycles. The molecule has 1 aliphatic heterocycles. The first-order valence-corrected chi connectivity index (χ1v) is 12.3. The monoisotopic (exact) mass is 436 g/mol. The van der Waals surface area contributed by atoms with Gasteiger partial charge >= 0.3 is 7.60 Å². The Hall–Kier alpha value is -1.36. The van der Waals surface area contributed by atoms with Gasteiger partial charge in [0.15, 0.2) is 0 Å². The van der Waals surface area contributed by atoms with Crippen LogP contribution in [0.5, 0.6) is 0 Å². The number of rotatable bonds is 9. The summed E-state index contributed by atoms with van der Waals surface area (Å²) < 4.78 is 23.5. The average molecular weight is 437 g/mol. The summed E-state index contributed by atoms with van der Waals surface area (Å²) in [6.45, 7) is 9.27. The third-order valence-corrected chi connectivity index (χ3v) is 7.40. The van der Waals surface area contributed by atoms with Crippen LogP contribution in [-0.4, -0.2) is 44.3 Å². The number of piperazine rings is 1. The van der Waals surface area contributed by atoms with Gasteiger partial charge in [-0.2, -0.15) is 0 Å². The lowest BCUT2D eigenvalue weighted by Crippen LogP contribution is -2.46. The molecule has 2 aromatic carbocycles. The zero-order chi connectivity index (χ0) is 20.7. The van der Waals surface area contributed by atoms with E-state index in [9.17, 15) is 4.57 Å². The summed E-state index contributed by atoms with van der Waals surface area (Å²) in [5, 5.41) is 0.813. The predicted molar refractivity (Wildman–Crippen MR) is 120 cm³/mol. The third-order valence-electron chi connectivity index (χ3n) is 5.02. The molecule has 0 aromatic heterocycles. The number of benzene rings is 2. The molecule has 0 bridgehead atoms. The minimum atomic E-state index is -3.06. The van der Waals surface area contributed by atoms with Gasteiger partial charge in [0.05, 0.1) is 30.1 Å². The fourth-order valence-electron chi connectivity index (χ4n) is 3.61. The van der Waals surface area contributed by atoms with Crippen molar-refractivity contribution in [3.63, 3.8) is 0 Å². The Morgan fingerprint density at radius 1 is 0.897 bits per heavy atom. The molecule has 2 aromatic rings. The van der Waals surface area contributed by atoms with Crippen molar-refractivity contribution in [3.8, 4) is 0 Å². The molecule has 0 unspecified atom stereocenters. The number of nitrogens with zero attached hydrogens (tertiary/aromatic N) is 2. The van der Waals surface area contributed by atoms with Gasteiger partial charge in [-0.25, -0.2) is 0 Å². The maximum absolute atomic E-state index is 12.7. The number of para-hydroxylation sites is 1. The first-order valence-electron chi connectivity index (χ1n) is 10.2. The second-order valence-electron chi connectivity index (χ2n) is 7.14. The predicted octanol–water partition coefficient (Wildman–Crippen LogP) is 5.43. The van der Waals surface area contributed by atoms with Gasteiger partial charge in [0, 0.05) is 32.7 Å². The summed E-state index contributed by atoms with van der Waals surface area (Å²) in [6, 6.07) is 16.3. The van der Waals surface area contributed by atoms with Crippen molar-refractivity contribution in [3.05, 3.63) is 64.7 Å². The van der Waals surface area contributed by atoms with Crippen LogP contribution >= 0.6 is 19.2 Å². The van der Waals surface area contributed by atoms with Crippen molar-refractivity contribution in [1.82, 2.24) is 4.90 Å². The van der Waals surface area contributed by atoms with E-state index < -0.39 is 7.60 Å². The van der Waals surface area contributed by atoms with Crippen LogP contribution in [0.1, 0.15) is 25.0 Å². The van der Waals surface area contributed by atoms with Gasteiger partial charge in [-0.1, -0.05) is 48.0 Å². The van der Waals surface area contributed by atoms with Crippen molar-refractivity contribution in [2.45, 2.75) is 26.6 Å². The van der Waals surface area contributed by atoms with E-state index >= 15 is 0 Å². The van der Waals surface area contributed by atoms with E-state index in [1.54, 1.807) is 0 Å². The Bertz CT molecular complexity index is 813. The molecular formula is C22H30ClN2O3P. The molecule has 0 saturated carbocycles. The maximum atomic E-state index is 12.7. The fraction of sp³-hybridized carbons (Fsp3) is 0.455. The van der Waals surface area contributed by atoms with E-state index in [0.717, 1.165) is 49.0 Å². The van der Waals surface area contributed by atoms with E-state index in [-0.39, 0.29) is 0 Å². The molecule has 158 valence electrons. The second-order valence-corrected chi connectivity index (χ2v) is 9.60. The number of anilines is 1. The lowest BCUT2D eigenvalue weighted by atomic mass is 10.1. The van der Waals surface area contributed by atoms with E-state index in [1.165, 1.54) is 5.56 Å². The van der Waals surface area contributed by atoms with Gasteiger partial charge in [-0.15, -0.1) is 0 Å². The van der Waals surface area contributed by atoms with Crippen LogP contribution in [0.2, 0.25) is 5.02 Å². The lowest BCUT2D eigenvalue weighted by molar-refractivity contribution is 0.219. The first-order chi connectivity index (χ1) is 14.0. The normalized spacial score (nSPS) is 15.6. The van der Waals surface area contributed by atoms with Crippen LogP contribution in [0, 0.1) is 0 Å². The Morgan fingerprint density at radius 3 is 2.07 bits per heavy atom. The first kappa shape index (κ1) is 22.3. The standard InChI is InChI=1S/C22H30ClN2O3P/c1-3-27-29(26,28-4-2)18-20-11-9-19(10-12-20)17-24-13-15-25(16-14-24)22-8-6-5-7-21(22)23/h5-12H,3-4,13-18H2,1-2H3. The lowest BCUT2D eigenvalue weighted by Gasteiger charge is -2.36. The van der Waals surface area contributed by atoms with Crippen LogP contribution in [0.25, 0.3) is 0 Å². The minimum absolute atomic E-state index is 0.311. The largest absolute Gasteiger partial charge is 0.368 e. The summed E-state index contributed by atoms with van der Waals surface area (Å²) in [5.41, 5.74) is 3.34. The van der Waals surface area contributed by atoms with Crippen molar-refractivity contribution in [1.29, 1.82) is 0 Å². The molecule has 7 heteroatoms. The zero-order valence-electron chi connectivity index (χ0n) is 17.2. The number of hydrogen-bond acceptors (Lipinski definition) is 5. The Kier molecular flexibility index (Phi) is 8.16. The highest BCUT2D eigenvalue weighted by molar-refractivity contribution is 7.53. The van der Waals surface area contributed by atoms with Crippen LogP contribution in [-0.2, 0) is 26.3 Å². The molecule has 1 aliphatic rings. The molecule has 29 heavy (non-hydrogen) atoms. The topological polar surface area (TPSA) is 42.0 Å². The number of halogens is 1. The molecule has 1 saturated heterocycles. The summed E-state index contributed by atoms with van der Waals surface area (Å²) in [7, 11) is -3.06. The van der Waals surface area contributed by atoms with Gasteiger partial charge in [0.2, 0.25) is 0 Å². The summed E-state index contributed by atoms with van der Waals surface area (Å²) >= 11 is 6.33. The quantitative estimate of drug-likeness (QED) is 0.490. The van der Waals surface area contributed by atoms with Crippen LogP contribution in [0.15, 0.2) is 48.5 Å². The highest BCUT2D eigenvalue weighted by Gasteiger charge is 2.24. The summed E-state index contributed by atoms with van der Waals surface area (Å²) in [4.78, 5) is 4.80. The van der Waals surface area contributed by atoms with E-state index in [2.05, 4.69) is 28.0 Å². The number of hydrogen-bond donors (Lipinski definition) is 0. The maximum Gasteiger partial charge on any atom is 0.335 e. The van der Waals surface area contributed by atoms with Crippen molar-refractivity contribution in [2.24, 2.45) is 0 Å².